The molecule has 1 fully saturated rings. The summed E-state index contributed by atoms with van der Waals surface area (Å²) in [5, 5.41) is 13.8. The average Bonchev–Trinajstić information content (AvgIpc) is 2.40. The van der Waals surface area contributed by atoms with Crippen molar-refractivity contribution in [1.29, 1.82) is 0 Å². The van der Waals surface area contributed by atoms with Gasteiger partial charge in [0.15, 0.2) is 0 Å². The van der Waals surface area contributed by atoms with Crippen molar-refractivity contribution in [3.05, 3.63) is 39.4 Å². The fourth-order valence-electron chi connectivity index (χ4n) is 2.58. The largest absolute Gasteiger partial charge is 0.348 e. The summed E-state index contributed by atoms with van der Waals surface area (Å²) >= 11 is 6.20. The molecule has 5 nitrogen and oxygen atoms in total. The highest BCUT2D eigenvalue weighted by atomic mass is 35.5. The van der Waals surface area contributed by atoms with E-state index in [1.807, 2.05) is 0 Å². The van der Waals surface area contributed by atoms with Crippen LogP contribution in [-0.4, -0.2) is 22.2 Å². The zero-order valence-corrected chi connectivity index (χ0v) is 12.0. The lowest BCUT2D eigenvalue weighted by Gasteiger charge is -2.27. The van der Waals surface area contributed by atoms with Gasteiger partial charge in [-0.25, -0.2) is 0 Å². The highest BCUT2D eigenvalue weighted by molar-refractivity contribution is 6.21. The number of carbonyl (C=O) groups is 1. The summed E-state index contributed by atoms with van der Waals surface area (Å²) in [6.45, 7) is 1.62. The summed E-state index contributed by atoms with van der Waals surface area (Å²) < 4.78 is 0. The van der Waals surface area contributed by atoms with E-state index < -0.39 is 10.8 Å². The smallest absolute Gasteiger partial charge is 0.285 e. The van der Waals surface area contributed by atoms with E-state index in [2.05, 4.69) is 5.32 Å². The third-order valence-corrected chi connectivity index (χ3v) is 4.19. The van der Waals surface area contributed by atoms with Crippen LogP contribution in [0.4, 0.5) is 5.69 Å². The minimum absolute atomic E-state index is 0.100. The Kier molecular flexibility index (Phi) is 4.60. The number of para-hydroxylation sites is 1. The van der Waals surface area contributed by atoms with Gasteiger partial charge in [-0.15, -0.1) is 11.6 Å². The van der Waals surface area contributed by atoms with Gasteiger partial charge in [0.05, 0.1) is 10.3 Å². The number of alkyl halides is 1. The fraction of sp³-hybridized carbons (Fsp3) is 0.500. The van der Waals surface area contributed by atoms with Crippen LogP contribution in [-0.2, 0) is 0 Å². The number of nitro benzene ring substituents is 1. The van der Waals surface area contributed by atoms with Crippen LogP contribution in [0.25, 0.3) is 0 Å². The maximum absolute atomic E-state index is 12.3. The summed E-state index contributed by atoms with van der Waals surface area (Å²) in [5.41, 5.74) is 0.449. The monoisotopic (exact) mass is 296 g/mol. The zero-order chi connectivity index (χ0) is 14.7. The Labute approximate surface area is 122 Å². The van der Waals surface area contributed by atoms with Crippen molar-refractivity contribution < 1.29 is 9.72 Å². The first-order valence-corrected chi connectivity index (χ1v) is 7.13. The fourth-order valence-corrected chi connectivity index (χ4v) is 2.92. The highest BCUT2D eigenvalue weighted by Gasteiger charge is 2.28. The summed E-state index contributed by atoms with van der Waals surface area (Å²) in [7, 11) is 0. The van der Waals surface area contributed by atoms with E-state index in [9.17, 15) is 14.9 Å². The number of amides is 1. The molecule has 0 radical (unpaired) electrons. The summed E-state index contributed by atoms with van der Waals surface area (Å²) in [5.74, 6) is -0.419. The van der Waals surface area contributed by atoms with Crippen molar-refractivity contribution in [3.63, 3.8) is 0 Å². The molecule has 1 aliphatic carbocycles. The standard InChI is InChI=1S/C14H17ClN2O3/c1-9-5-4-6-10(13(9)17(19)20)14(18)16-12-8-3-2-7-11(12)15/h4-6,11-12H,2-3,7-8H2,1H3,(H,16,18). The first-order valence-electron chi connectivity index (χ1n) is 6.69. The Morgan fingerprint density at radius 1 is 1.40 bits per heavy atom. The van der Waals surface area contributed by atoms with Gasteiger partial charge in [-0.2, -0.15) is 0 Å². The van der Waals surface area contributed by atoms with E-state index in [1.165, 1.54) is 6.07 Å². The normalized spacial score (nSPS) is 22.3. The average molecular weight is 297 g/mol. The molecule has 2 rings (SSSR count). The lowest BCUT2D eigenvalue weighted by Crippen LogP contribution is -2.43. The molecule has 1 N–H and O–H groups in total. The number of carbonyl (C=O) groups excluding carboxylic acids is 1. The summed E-state index contributed by atoms with van der Waals surface area (Å²) in [4.78, 5) is 22.9. The van der Waals surface area contributed by atoms with Crippen molar-refractivity contribution in [2.45, 2.75) is 44.0 Å². The Morgan fingerprint density at radius 3 is 2.75 bits per heavy atom. The van der Waals surface area contributed by atoms with Crippen LogP contribution in [0.3, 0.4) is 0 Å². The van der Waals surface area contributed by atoms with E-state index in [0.717, 1.165) is 25.7 Å². The summed E-state index contributed by atoms with van der Waals surface area (Å²) in [6.07, 6.45) is 3.76. The van der Waals surface area contributed by atoms with Crippen molar-refractivity contribution in [1.82, 2.24) is 5.32 Å². The molecule has 0 spiro atoms. The number of hydrogen-bond acceptors (Lipinski definition) is 3. The maximum atomic E-state index is 12.3. The van der Waals surface area contributed by atoms with Gasteiger partial charge in [-0.05, 0) is 25.8 Å². The molecular formula is C14H17ClN2O3. The molecule has 6 heteroatoms. The van der Waals surface area contributed by atoms with Gasteiger partial charge in [0.1, 0.15) is 5.56 Å². The number of nitrogens with zero attached hydrogens (tertiary/aromatic N) is 1. The van der Waals surface area contributed by atoms with Crippen LogP contribution in [0.1, 0.15) is 41.6 Å². The van der Waals surface area contributed by atoms with Gasteiger partial charge in [-0.1, -0.05) is 25.0 Å². The van der Waals surface area contributed by atoms with E-state index in [4.69, 9.17) is 11.6 Å². The minimum atomic E-state index is -0.511. The van der Waals surface area contributed by atoms with Crippen LogP contribution in [0, 0.1) is 17.0 Å². The van der Waals surface area contributed by atoms with Gasteiger partial charge in [0.2, 0.25) is 0 Å². The molecule has 0 bridgehead atoms. The van der Waals surface area contributed by atoms with Gasteiger partial charge in [-0.3, -0.25) is 14.9 Å². The van der Waals surface area contributed by atoms with Crippen LogP contribution >= 0.6 is 11.6 Å². The second-order valence-corrected chi connectivity index (χ2v) is 5.67. The van der Waals surface area contributed by atoms with Crippen LogP contribution in [0.5, 0.6) is 0 Å². The van der Waals surface area contributed by atoms with Crippen LogP contribution in [0.2, 0.25) is 0 Å². The number of hydrogen-bond donors (Lipinski definition) is 1. The van der Waals surface area contributed by atoms with E-state index in [0.29, 0.717) is 5.56 Å². The molecule has 0 aliphatic heterocycles. The first kappa shape index (κ1) is 14.8. The van der Waals surface area contributed by atoms with Crippen molar-refractivity contribution in [3.8, 4) is 0 Å². The summed E-state index contributed by atoms with van der Waals surface area (Å²) in [6, 6.07) is 4.64. The van der Waals surface area contributed by atoms with E-state index in [1.54, 1.807) is 19.1 Å². The molecule has 2 atom stereocenters. The van der Waals surface area contributed by atoms with Gasteiger partial charge in [0, 0.05) is 11.6 Å². The maximum Gasteiger partial charge on any atom is 0.285 e. The molecule has 108 valence electrons. The SMILES string of the molecule is Cc1cccc(C(=O)NC2CCCCC2Cl)c1[N+](=O)[O-]. The molecule has 1 aliphatic rings. The zero-order valence-electron chi connectivity index (χ0n) is 11.3. The molecular weight excluding hydrogens is 280 g/mol. The predicted molar refractivity (Wildman–Crippen MR) is 77.2 cm³/mol. The second kappa shape index (κ2) is 6.22. The number of aryl methyl sites for hydroxylation is 1. The van der Waals surface area contributed by atoms with Crippen LogP contribution < -0.4 is 5.32 Å². The Bertz CT molecular complexity index is 533. The van der Waals surface area contributed by atoms with E-state index >= 15 is 0 Å². The minimum Gasteiger partial charge on any atom is -0.348 e. The number of halogens is 1. The lowest BCUT2D eigenvalue weighted by molar-refractivity contribution is -0.385. The molecule has 1 saturated carbocycles. The predicted octanol–water partition coefficient (Wildman–Crippen LogP) is 3.18. The lowest BCUT2D eigenvalue weighted by atomic mass is 9.94. The van der Waals surface area contributed by atoms with Gasteiger partial charge in [0.25, 0.3) is 11.6 Å². The molecule has 2 unspecified atom stereocenters. The molecule has 1 aromatic carbocycles. The molecule has 0 saturated heterocycles. The van der Waals surface area contributed by atoms with Crippen LogP contribution in [0.15, 0.2) is 18.2 Å². The third kappa shape index (κ3) is 3.10. The Balaban J connectivity index is 2.21. The van der Waals surface area contributed by atoms with Crippen molar-refractivity contribution >= 4 is 23.2 Å². The number of nitro groups is 1. The van der Waals surface area contributed by atoms with Gasteiger partial charge < -0.3 is 5.32 Å². The number of nitrogens with one attached hydrogen (secondary N) is 1. The Hall–Kier alpha value is -1.62. The molecule has 20 heavy (non-hydrogen) atoms. The van der Waals surface area contributed by atoms with Crippen molar-refractivity contribution in [2.24, 2.45) is 0 Å². The first-order chi connectivity index (χ1) is 9.50. The molecule has 1 aromatic rings. The number of rotatable bonds is 3. The third-order valence-electron chi connectivity index (χ3n) is 3.66. The second-order valence-electron chi connectivity index (χ2n) is 5.11. The molecule has 1 amide bonds. The van der Waals surface area contributed by atoms with Gasteiger partial charge >= 0.3 is 0 Å². The molecule has 0 heterocycles. The van der Waals surface area contributed by atoms with E-state index in [-0.39, 0.29) is 22.7 Å². The molecule has 0 aromatic heterocycles. The quantitative estimate of drug-likeness (QED) is 0.529. The Morgan fingerprint density at radius 2 is 2.10 bits per heavy atom. The number of benzene rings is 1. The van der Waals surface area contributed by atoms with Crippen molar-refractivity contribution in [2.75, 3.05) is 0 Å². The highest BCUT2D eigenvalue weighted by Crippen LogP contribution is 2.26. The topological polar surface area (TPSA) is 72.2 Å².